The van der Waals surface area contributed by atoms with Crippen molar-refractivity contribution in [1.29, 1.82) is 0 Å². The summed E-state index contributed by atoms with van der Waals surface area (Å²) in [6.45, 7) is 3.18. The molecule has 1 spiro atoms. The molecule has 0 saturated carbocycles. The number of nitrogens with one attached hydrogen (secondary N) is 2. The van der Waals surface area contributed by atoms with Gasteiger partial charge in [0, 0.05) is 73.9 Å². The number of anilines is 1. The summed E-state index contributed by atoms with van der Waals surface area (Å²) in [4.78, 5) is 89.3. The van der Waals surface area contributed by atoms with Crippen molar-refractivity contribution in [2.24, 2.45) is 5.41 Å². The molecule has 4 saturated heterocycles. The van der Waals surface area contributed by atoms with Gasteiger partial charge < -0.3 is 34.4 Å². The number of halogens is 2. The number of fused-ring (bicyclic) bond motifs is 2. The zero-order chi connectivity index (χ0) is 46.8. The molecule has 7 heterocycles. The lowest BCUT2D eigenvalue weighted by Crippen LogP contribution is -2.62. The van der Waals surface area contributed by atoms with E-state index in [-0.39, 0.29) is 54.8 Å². The van der Waals surface area contributed by atoms with Gasteiger partial charge in [-0.25, -0.2) is 8.78 Å². The molecule has 350 valence electrons. The Hall–Kier alpha value is -5.92. The number of amides is 6. The number of hydrogen-bond acceptors (Lipinski definition) is 13. The first-order valence-electron chi connectivity index (χ1n) is 22.2. The molecule has 16 nitrogen and oxygen atoms in total. The van der Waals surface area contributed by atoms with Crippen molar-refractivity contribution < 1.29 is 47.0 Å². The summed E-state index contributed by atoms with van der Waals surface area (Å²) in [5.74, 6) is -5.13. The number of imide groups is 2. The second kappa shape index (κ2) is 17.4. The highest BCUT2D eigenvalue weighted by Gasteiger charge is 2.49. The lowest BCUT2D eigenvalue weighted by molar-refractivity contribution is -0.146. The molecule has 2 unspecified atom stereocenters. The van der Waals surface area contributed by atoms with Crippen molar-refractivity contribution in [2.75, 3.05) is 86.1 Å². The quantitative estimate of drug-likeness (QED) is 0.269. The van der Waals surface area contributed by atoms with Gasteiger partial charge in [-0.3, -0.25) is 43.9 Å². The van der Waals surface area contributed by atoms with Gasteiger partial charge in [0.05, 0.1) is 54.9 Å². The SMILES string of the molecule is COc1cc(C2=CN(C)Cc3cc(C(=O)NC4CCN(C(=O)CN5CCC6(CC5)CN(c5ccc7c(c5)C(=O)N(C5CCC(=O)NC5=O)C7=O)C6)CC4(F)F)sc32)cc(OC)c1CN(C)C. The number of hydrogen-bond donors (Lipinski definition) is 2. The van der Waals surface area contributed by atoms with E-state index in [9.17, 15) is 28.8 Å². The summed E-state index contributed by atoms with van der Waals surface area (Å²) in [6, 6.07) is 8.31. The molecular weight excluding hydrogens is 875 g/mol. The van der Waals surface area contributed by atoms with Crippen molar-refractivity contribution in [2.45, 2.75) is 63.2 Å². The predicted octanol–water partition coefficient (Wildman–Crippen LogP) is 3.63. The maximum absolute atomic E-state index is 15.8. The van der Waals surface area contributed by atoms with Crippen LogP contribution in [0.15, 0.2) is 42.6 Å². The van der Waals surface area contributed by atoms with Crippen LogP contribution in [0.3, 0.4) is 0 Å². The van der Waals surface area contributed by atoms with Crippen molar-refractivity contribution in [3.05, 3.63) is 80.2 Å². The number of benzene rings is 2. The molecule has 2 aromatic carbocycles. The summed E-state index contributed by atoms with van der Waals surface area (Å²) >= 11 is 1.26. The Morgan fingerprint density at radius 1 is 0.924 bits per heavy atom. The molecule has 6 amide bonds. The van der Waals surface area contributed by atoms with Gasteiger partial charge >= 0.3 is 0 Å². The number of rotatable bonds is 11. The molecule has 2 atom stereocenters. The van der Waals surface area contributed by atoms with Gasteiger partial charge in [0.2, 0.25) is 17.7 Å². The maximum Gasteiger partial charge on any atom is 0.285 e. The van der Waals surface area contributed by atoms with Crippen molar-refractivity contribution in [3.63, 3.8) is 0 Å². The average molecular weight is 929 g/mol. The van der Waals surface area contributed by atoms with Crippen LogP contribution in [-0.4, -0.2) is 159 Å². The second-order valence-electron chi connectivity index (χ2n) is 18.7. The van der Waals surface area contributed by atoms with Gasteiger partial charge in [-0.05, 0) is 100 Å². The summed E-state index contributed by atoms with van der Waals surface area (Å²) in [7, 11) is 9.09. The Bertz CT molecular complexity index is 2520. The standard InChI is InChI=1S/C47H54F2N8O8S/c1-52(2)21-33-35(64-4)16-27(17-36(33)65-5)32-22-53(3)20-28-18-37(66-41(28)32)43(61)50-38-10-13-55(26-47(38,48)49)40(59)23-54-14-11-46(12-15-54)24-56(25-46)29-6-7-30-31(19-29)45(63)57(44(30)62)34-8-9-39(58)51-42(34)60/h6-7,16-19,22,34,38H,8-15,20-21,23-26H2,1-5H3,(H,50,61)(H,51,58,60). The van der Waals surface area contributed by atoms with Gasteiger partial charge in [-0.1, -0.05) is 0 Å². The molecule has 6 aliphatic rings. The number of thiophene rings is 1. The van der Waals surface area contributed by atoms with Crippen LogP contribution < -0.4 is 25.0 Å². The Kier molecular flexibility index (Phi) is 11.9. The van der Waals surface area contributed by atoms with Crippen LogP contribution in [0.2, 0.25) is 0 Å². The second-order valence-corrected chi connectivity index (χ2v) is 19.8. The molecule has 9 rings (SSSR count). The minimum atomic E-state index is -3.34. The molecular formula is C47H54F2N8O8S. The van der Waals surface area contributed by atoms with Crippen LogP contribution in [-0.2, 0) is 27.5 Å². The first-order valence-corrected chi connectivity index (χ1v) is 23.0. The molecule has 66 heavy (non-hydrogen) atoms. The van der Waals surface area contributed by atoms with E-state index in [0.717, 1.165) is 63.7 Å². The van der Waals surface area contributed by atoms with Gasteiger partial charge in [0.15, 0.2) is 0 Å². The molecule has 3 aromatic rings. The highest BCUT2D eigenvalue weighted by Crippen LogP contribution is 2.45. The summed E-state index contributed by atoms with van der Waals surface area (Å²) in [5, 5.41) is 4.82. The monoisotopic (exact) mass is 928 g/mol. The lowest BCUT2D eigenvalue weighted by Gasteiger charge is -2.55. The van der Waals surface area contributed by atoms with Crippen LogP contribution in [0.1, 0.15) is 84.1 Å². The van der Waals surface area contributed by atoms with Crippen LogP contribution >= 0.6 is 11.3 Å². The Morgan fingerprint density at radius 2 is 1.62 bits per heavy atom. The normalized spacial score (nSPS) is 22.5. The van der Waals surface area contributed by atoms with E-state index in [1.807, 2.05) is 54.2 Å². The highest BCUT2D eigenvalue weighted by molar-refractivity contribution is 7.15. The van der Waals surface area contributed by atoms with E-state index in [1.54, 1.807) is 38.5 Å². The number of piperidine rings is 3. The third kappa shape index (κ3) is 8.40. The fourth-order valence-electron chi connectivity index (χ4n) is 10.3. The Balaban J connectivity index is 0.767. The minimum absolute atomic E-state index is 0.00512. The first kappa shape index (κ1) is 45.2. The fraction of sp³-hybridized carbons (Fsp3) is 0.489. The molecule has 4 fully saturated rings. The number of methoxy groups -OCH3 is 2. The van der Waals surface area contributed by atoms with Crippen molar-refractivity contribution in [3.8, 4) is 11.5 Å². The van der Waals surface area contributed by atoms with Crippen LogP contribution in [0.25, 0.3) is 5.57 Å². The van der Waals surface area contributed by atoms with E-state index in [1.165, 1.54) is 16.2 Å². The third-order valence-corrected chi connectivity index (χ3v) is 15.0. The minimum Gasteiger partial charge on any atom is -0.496 e. The van der Waals surface area contributed by atoms with Crippen LogP contribution in [0.4, 0.5) is 14.5 Å². The lowest BCUT2D eigenvalue weighted by atomic mass is 9.71. The van der Waals surface area contributed by atoms with Crippen LogP contribution in [0.5, 0.6) is 11.5 Å². The molecule has 0 radical (unpaired) electrons. The number of nitrogens with zero attached hydrogens (tertiary/aromatic N) is 6. The van der Waals surface area contributed by atoms with Gasteiger partial charge in [0.25, 0.3) is 23.6 Å². The number of alkyl halides is 2. The van der Waals surface area contributed by atoms with E-state index in [2.05, 4.69) is 15.5 Å². The van der Waals surface area contributed by atoms with E-state index in [4.69, 9.17) is 9.47 Å². The van der Waals surface area contributed by atoms with Gasteiger partial charge in [-0.2, -0.15) is 0 Å². The summed E-state index contributed by atoms with van der Waals surface area (Å²) < 4.78 is 43.1. The Labute approximate surface area is 385 Å². The number of carbonyl (C=O) groups is 6. The zero-order valence-electron chi connectivity index (χ0n) is 37.7. The largest absolute Gasteiger partial charge is 0.496 e. The molecule has 0 bridgehead atoms. The van der Waals surface area contributed by atoms with Gasteiger partial charge in [-0.15, -0.1) is 11.3 Å². The summed E-state index contributed by atoms with van der Waals surface area (Å²) in [5.41, 5.74) is 4.76. The smallest absolute Gasteiger partial charge is 0.285 e. The molecule has 1 aromatic heterocycles. The predicted molar refractivity (Wildman–Crippen MR) is 241 cm³/mol. The van der Waals surface area contributed by atoms with E-state index >= 15 is 8.78 Å². The highest BCUT2D eigenvalue weighted by atomic mass is 32.1. The number of likely N-dealkylation sites (tertiary alicyclic amines) is 2. The number of carbonyl (C=O) groups excluding carboxylic acids is 6. The fourth-order valence-corrected chi connectivity index (χ4v) is 11.4. The molecule has 19 heteroatoms. The molecule has 6 aliphatic heterocycles. The van der Waals surface area contributed by atoms with Crippen molar-refractivity contribution >= 4 is 58.0 Å². The molecule has 2 N–H and O–H groups in total. The zero-order valence-corrected chi connectivity index (χ0v) is 38.5. The summed E-state index contributed by atoms with van der Waals surface area (Å²) in [6.07, 6.45) is 3.66. The Morgan fingerprint density at radius 3 is 2.27 bits per heavy atom. The molecule has 0 aliphatic carbocycles. The van der Waals surface area contributed by atoms with Crippen molar-refractivity contribution in [1.82, 2.24) is 35.1 Å². The number of ether oxygens (including phenoxy) is 2. The van der Waals surface area contributed by atoms with Gasteiger partial charge in [0.1, 0.15) is 17.5 Å². The topological polar surface area (TPSA) is 164 Å². The van der Waals surface area contributed by atoms with E-state index in [0.29, 0.717) is 42.6 Å². The van der Waals surface area contributed by atoms with E-state index < -0.39 is 54.1 Å². The average Bonchev–Trinajstić information content (AvgIpc) is 3.80. The third-order valence-electron chi connectivity index (χ3n) is 13.8. The first-order chi connectivity index (χ1) is 31.5. The maximum atomic E-state index is 15.8. The van der Waals surface area contributed by atoms with Crippen LogP contribution in [0, 0.1) is 5.41 Å².